The van der Waals surface area contributed by atoms with Gasteiger partial charge in [0.05, 0.1) is 6.61 Å². The van der Waals surface area contributed by atoms with E-state index in [1.165, 1.54) is 18.2 Å². The topological polar surface area (TPSA) is 77.8 Å². The molecule has 0 unspecified atom stereocenters. The molecule has 156 valence electrons. The molecule has 2 heterocycles. The van der Waals surface area contributed by atoms with E-state index in [1.54, 1.807) is 55.5 Å². The van der Waals surface area contributed by atoms with Crippen LogP contribution in [-0.2, 0) is 19.1 Å². The molecule has 0 aliphatic carbocycles. The Hall–Kier alpha value is -4.13. The fraction of sp³-hybridized carbons (Fsp3) is 0.0833. The lowest BCUT2D eigenvalue weighted by molar-refractivity contribution is -0.139. The average molecular weight is 419 g/mol. The van der Waals surface area contributed by atoms with Gasteiger partial charge < -0.3 is 19.2 Å². The van der Waals surface area contributed by atoms with Gasteiger partial charge in [-0.3, -0.25) is 4.79 Å². The largest absolute Gasteiger partial charge is 0.462 e. The Bertz CT molecular complexity index is 1180. The molecule has 0 bridgehead atoms. The molecule has 0 radical (unpaired) electrons. The lowest BCUT2D eigenvalue weighted by atomic mass is 10.1. The fourth-order valence-electron chi connectivity index (χ4n) is 2.99. The molecule has 1 aliphatic rings. The van der Waals surface area contributed by atoms with E-state index >= 15 is 0 Å². The fourth-order valence-corrected chi connectivity index (χ4v) is 2.99. The van der Waals surface area contributed by atoms with Gasteiger partial charge in [-0.1, -0.05) is 18.2 Å². The van der Waals surface area contributed by atoms with Crippen molar-refractivity contribution in [2.75, 3.05) is 11.9 Å². The molecule has 0 atom stereocenters. The van der Waals surface area contributed by atoms with Crippen LogP contribution in [0.1, 0.15) is 12.7 Å². The van der Waals surface area contributed by atoms with Crippen molar-refractivity contribution < 1.29 is 27.9 Å². The molecule has 0 saturated heterocycles. The number of carbonyl (C=O) groups excluding carboxylic acids is 2. The van der Waals surface area contributed by atoms with Gasteiger partial charge in [-0.15, -0.1) is 0 Å². The summed E-state index contributed by atoms with van der Waals surface area (Å²) >= 11 is 0. The summed E-state index contributed by atoms with van der Waals surface area (Å²) in [6.07, 6.45) is 1.40. The van der Waals surface area contributed by atoms with Crippen LogP contribution in [0.5, 0.6) is 0 Å². The summed E-state index contributed by atoms with van der Waals surface area (Å²) < 4.78 is 29.5. The monoisotopic (exact) mass is 419 g/mol. The summed E-state index contributed by atoms with van der Waals surface area (Å²) in [5.74, 6) is -0.992. The Morgan fingerprint density at radius 3 is 2.52 bits per heavy atom. The number of furan rings is 1. The van der Waals surface area contributed by atoms with E-state index in [2.05, 4.69) is 5.32 Å². The number of hydrogen-bond acceptors (Lipinski definition) is 6. The highest BCUT2D eigenvalue weighted by atomic mass is 19.1. The Labute approximate surface area is 177 Å². The normalized spacial score (nSPS) is 14.6. The molecule has 0 spiro atoms. The number of esters is 1. The molecule has 2 aromatic carbocycles. The number of halogens is 1. The van der Waals surface area contributed by atoms with Crippen LogP contribution in [0.15, 0.2) is 88.4 Å². The first kappa shape index (κ1) is 20.2. The summed E-state index contributed by atoms with van der Waals surface area (Å²) in [6.45, 7) is 1.77. The summed E-state index contributed by atoms with van der Waals surface area (Å²) in [5, 5.41) is 2.94. The van der Waals surface area contributed by atoms with Crippen LogP contribution in [0.25, 0.3) is 17.4 Å². The Balaban J connectivity index is 1.61. The van der Waals surface area contributed by atoms with Gasteiger partial charge in [0.1, 0.15) is 17.3 Å². The van der Waals surface area contributed by atoms with Gasteiger partial charge in [0.15, 0.2) is 11.3 Å². The zero-order valence-corrected chi connectivity index (χ0v) is 16.6. The molecule has 4 rings (SSSR count). The zero-order valence-electron chi connectivity index (χ0n) is 16.6. The van der Waals surface area contributed by atoms with Crippen molar-refractivity contribution in [2.24, 2.45) is 0 Å². The predicted octanol–water partition coefficient (Wildman–Crippen LogP) is 4.91. The summed E-state index contributed by atoms with van der Waals surface area (Å²) in [6, 6.07) is 18.2. The van der Waals surface area contributed by atoms with Crippen molar-refractivity contribution in [3.05, 3.63) is 95.5 Å². The first-order chi connectivity index (χ1) is 15.0. The van der Waals surface area contributed by atoms with Crippen LogP contribution in [0, 0.1) is 5.82 Å². The van der Waals surface area contributed by atoms with Gasteiger partial charge >= 0.3 is 5.97 Å². The number of ether oxygens (including phenoxy) is 2. The average Bonchev–Trinajstić information content (AvgIpc) is 3.34. The number of anilines is 1. The highest BCUT2D eigenvalue weighted by Gasteiger charge is 2.37. The van der Waals surface area contributed by atoms with Crippen LogP contribution >= 0.6 is 0 Å². The van der Waals surface area contributed by atoms with Crippen LogP contribution in [-0.4, -0.2) is 18.4 Å². The van der Waals surface area contributed by atoms with Gasteiger partial charge in [-0.05, 0) is 55.5 Å². The molecule has 7 heteroatoms. The number of carbonyl (C=O) groups is 2. The summed E-state index contributed by atoms with van der Waals surface area (Å²) in [7, 11) is 0. The van der Waals surface area contributed by atoms with E-state index in [0.717, 1.165) is 0 Å². The number of para-hydroxylation sites is 1. The molecule has 1 N–H and O–H groups in total. The number of rotatable bonds is 6. The van der Waals surface area contributed by atoms with Gasteiger partial charge in [0.2, 0.25) is 11.7 Å². The van der Waals surface area contributed by atoms with Gasteiger partial charge in [-0.25, -0.2) is 9.18 Å². The SMILES string of the molecule is CCOC(=O)C1=C(Nc2ccccc2)O/C(=C\c2ccc(-c3ccc(F)cc3)o2)C1=O. The lowest BCUT2D eigenvalue weighted by Gasteiger charge is -2.08. The molecule has 0 amide bonds. The summed E-state index contributed by atoms with van der Waals surface area (Å²) in [5.41, 5.74) is 1.11. The Morgan fingerprint density at radius 2 is 1.81 bits per heavy atom. The predicted molar refractivity (Wildman–Crippen MR) is 112 cm³/mol. The second-order valence-electron chi connectivity index (χ2n) is 6.56. The second kappa shape index (κ2) is 8.71. The third kappa shape index (κ3) is 4.40. The number of ketones is 1. The van der Waals surface area contributed by atoms with Crippen molar-refractivity contribution >= 4 is 23.5 Å². The van der Waals surface area contributed by atoms with Crippen LogP contribution < -0.4 is 5.32 Å². The molecule has 3 aromatic rings. The third-order valence-corrected chi connectivity index (χ3v) is 4.43. The van der Waals surface area contributed by atoms with Crippen LogP contribution in [0.2, 0.25) is 0 Å². The van der Waals surface area contributed by atoms with E-state index < -0.39 is 11.8 Å². The van der Waals surface area contributed by atoms with Crippen LogP contribution in [0.4, 0.5) is 10.1 Å². The smallest absolute Gasteiger partial charge is 0.347 e. The highest BCUT2D eigenvalue weighted by Crippen LogP contribution is 2.30. The van der Waals surface area contributed by atoms with E-state index in [1.807, 2.05) is 6.07 Å². The van der Waals surface area contributed by atoms with Crippen molar-refractivity contribution in [2.45, 2.75) is 6.92 Å². The molecular weight excluding hydrogens is 401 g/mol. The van der Waals surface area contributed by atoms with E-state index in [0.29, 0.717) is 22.8 Å². The number of hydrogen-bond donors (Lipinski definition) is 1. The molecule has 31 heavy (non-hydrogen) atoms. The van der Waals surface area contributed by atoms with Gasteiger partial charge in [-0.2, -0.15) is 0 Å². The van der Waals surface area contributed by atoms with E-state index in [4.69, 9.17) is 13.9 Å². The zero-order chi connectivity index (χ0) is 21.8. The third-order valence-electron chi connectivity index (χ3n) is 4.43. The standard InChI is InChI=1S/C24H18FNO5/c1-2-29-24(28)21-22(27)20(31-23(21)26-17-6-4-3-5-7-17)14-18-12-13-19(30-18)15-8-10-16(25)11-9-15/h3-14,26H,2H2,1H3/b20-14-. The van der Waals surface area contributed by atoms with Crippen molar-refractivity contribution in [3.63, 3.8) is 0 Å². The van der Waals surface area contributed by atoms with Crippen LogP contribution in [0.3, 0.4) is 0 Å². The maximum atomic E-state index is 13.1. The summed E-state index contributed by atoms with van der Waals surface area (Å²) in [4.78, 5) is 25.2. The highest BCUT2D eigenvalue weighted by molar-refractivity contribution is 6.26. The number of Topliss-reactive ketones (excluding diaryl/α,β-unsaturated/α-hetero) is 1. The molecular formula is C24H18FNO5. The molecule has 0 saturated carbocycles. The lowest BCUT2D eigenvalue weighted by Crippen LogP contribution is -2.16. The van der Waals surface area contributed by atoms with Gasteiger partial charge in [0.25, 0.3) is 0 Å². The quantitative estimate of drug-likeness (QED) is 0.347. The number of allylic oxidation sites excluding steroid dienone is 1. The molecule has 6 nitrogen and oxygen atoms in total. The first-order valence-electron chi connectivity index (χ1n) is 9.58. The number of nitrogens with one attached hydrogen (secondary N) is 1. The van der Waals surface area contributed by atoms with Gasteiger partial charge in [0, 0.05) is 17.3 Å². The Kier molecular flexibility index (Phi) is 5.66. The van der Waals surface area contributed by atoms with Crippen molar-refractivity contribution in [1.82, 2.24) is 0 Å². The maximum absolute atomic E-state index is 13.1. The van der Waals surface area contributed by atoms with Crippen molar-refractivity contribution in [3.8, 4) is 11.3 Å². The maximum Gasteiger partial charge on any atom is 0.347 e. The first-order valence-corrected chi connectivity index (χ1v) is 9.58. The van der Waals surface area contributed by atoms with E-state index in [9.17, 15) is 14.0 Å². The van der Waals surface area contributed by atoms with E-state index in [-0.39, 0.29) is 29.6 Å². The molecule has 1 aromatic heterocycles. The second-order valence-corrected chi connectivity index (χ2v) is 6.56. The Morgan fingerprint density at radius 1 is 1.06 bits per heavy atom. The minimum absolute atomic E-state index is 0.00814. The molecule has 0 fully saturated rings. The minimum Gasteiger partial charge on any atom is -0.462 e. The van der Waals surface area contributed by atoms with Crippen molar-refractivity contribution in [1.29, 1.82) is 0 Å². The minimum atomic E-state index is -0.777. The number of benzene rings is 2. The molecule has 1 aliphatic heterocycles.